The van der Waals surface area contributed by atoms with Crippen molar-refractivity contribution in [1.82, 2.24) is 19.1 Å². The number of fused-ring (bicyclic) bond motifs is 6. The van der Waals surface area contributed by atoms with E-state index in [4.69, 9.17) is 9.97 Å². The Kier molecular flexibility index (Phi) is 8.16. The monoisotopic (exact) mass is 755 g/mol. The number of hydrogen-bond acceptors (Lipinski definition) is 3. The van der Waals surface area contributed by atoms with Crippen molar-refractivity contribution in [3.05, 3.63) is 205 Å². The lowest BCUT2D eigenvalue weighted by molar-refractivity contribution is 0.767. The lowest BCUT2D eigenvalue weighted by Crippen LogP contribution is -2.08. The van der Waals surface area contributed by atoms with Crippen molar-refractivity contribution in [2.24, 2.45) is 5.92 Å². The maximum Gasteiger partial charge on any atom is 0.162 e. The highest BCUT2D eigenvalue weighted by Crippen LogP contribution is 2.40. The molecule has 5 heteroatoms. The number of hydrogen-bond donors (Lipinski definition) is 0. The number of nitrogens with zero attached hydrogens (tertiary/aromatic N) is 5. The van der Waals surface area contributed by atoms with Crippen LogP contribution in [0.2, 0.25) is 0 Å². The maximum atomic E-state index is 9.34. The van der Waals surface area contributed by atoms with Crippen molar-refractivity contribution >= 4 is 54.8 Å². The first-order valence-electron chi connectivity index (χ1n) is 20.1. The quantitative estimate of drug-likeness (QED) is 0.170. The van der Waals surface area contributed by atoms with Gasteiger partial charge in [-0.1, -0.05) is 134 Å². The normalized spacial score (nSPS) is 14.1. The van der Waals surface area contributed by atoms with Crippen LogP contribution in [0.25, 0.3) is 88.8 Å². The Labute approximate surface area is 342 Å². The van der Waals surface area contributed by atoms with E-state index in [2.05, 4.69) is 168 Å². The number of aromatic nitrogens is 4. The van der Waals surface area contributed by atoms with Crippen LogP contribution in [0.4, 0.5) is 0 Å². The lowest BCUT2D eigenvalue weighted by Gasteiger charge is -2.22. The largest absolute Gasteiger partial charge is 0.309 e. The Morgan fingerprint density at radius 3 is 1.86 bits per heavy atom. The van der Waals surface area contributed by atoms with E-state index in [9.17, 15) is 5.26 Å². The molecule has 1 atom stereocenters. The van der Waals surface area contributed by atoms with Gasteiger partial charge in [-0.25, -0.2) is 9.97 Å². The molecule has 0 aliphatic heterocycles. The number of para-hydroxylation sites is 3. The molecule has 0 amide bonds. The van der Waals surface area contributed by atoms with Crippen LogP contribution in [-0.4, -0.2) is 19.1 Å². The summed E-state index contributed by atoms with van der Waals surface area (Å²) in [5, 5.41) is 14.1. The summed E-state index contributed by atoms with van der Waals surface area (Å²) >= 11 is 0. The molecule has 1 aliphatic carbocycles. The van der Waals surface area contributed by atoms with Crippen molar-refractivity contribution in [3.63, 3.8) is 0 Å². The van der Waals surface area contributed by atoms with Gasteiger partial charge in [0.05, 0.1) is 39.4 Å². The SMILES string of the molecule is CC1CC(c2cc(-n3c4ccccc4c4ccc(-c5ccc6c(c5)c5ccccc5n6-c5ccccc5)cc43)nc(-c3ccccc3)n2)=CC=C1c1ccc(C#N)cc1. The van der Waals surface area contributed by atoms with E-state index in [-0.39, 0.29) is 5.92 Å². The first-order valence-corrected chi connectivity index (χ1v) is 20.1. The van der Waals surface area contributed by atoms with Crippen LogP contribution in [0.5, 0.6) is 0 Å². The van der Waals surface area contributed by atoms with Gasteiger partial charge in [0.25, 0.3) is 0 Å². The van der Waals surface area contributed by atoms with Gasteiger partial charge in [-0.3, -0.25) is 4.57 Å². The second-order valence-corrected chi connectivity index (χ2v) is 15.4. The fourth-order valence-corrected chi connectivity index (χ4v) is 9.00. The molecule has 278 valence electrons. The van der Waals surface area contributed by atoms with Gasteiger partial charge in [0.15, 0.2) is 5.82 Å². The van der Waals surface area contributed by atoms with Crippen LogP contribution in [0.15, 0.2) is 188 Å². The van der Waals surface area contributed by atoms with Crippen LogP contribution in [-0.2, 0) is 0 Å². The van der Waals surface area contributed by atoms with Crippen LogP contribution in [0, 0.1) is 17.2 Å². The van der Waals surface area contributed by atoms with Crippen LogP contribution < -0.4 is 0 Å². The predicted octanol–water partition coefficient (Wildman–Crippen LogP) is 13.4. The summed E-state index contributed by atoms with van der Waals surface area (Å²) < 4.78 is 4.68. The molecule has 3 heterocycles. The minimum atomic E-state index is 0.261. The minimum Gasteiger partial charge on any atom is -0.309 e. The van der Waals surface area contributed by atoms with E-state index in [1.807, 2.05) is 42.5 Å². The van der Waals surface area contributed by atoms with Crippen LogP contribution in [0.1, 0.15) is 30.2 Å². The zero-order valence-electron chi connectivity index (χ0n) is 32.4. The van der Waals surface area contributed by atoms with Crippen LogP contribution >= 0.6 is 0 Å². The third-order valence-corrected chi connectivity index (χ3v) is 11.9. The number of benzene rings is 7. The third kappa shape index (κ3) is 5.85. The van der Waals surface area contributed by atoms with Gasteiger partial charge in [-0.2, -0.15) is 5.26 Å². The summed E-state index contributed by atoms with van der Waals surface area (Å²) in [7, 11) is 0. The Hall–Kier alpha value is -7.81. The highest BCUT2D eigenvalue weighted by atomic mass is 15.1. The van der Waals surface area contributed by atoms with E-state index in [1.165, 1.54) is 43.7 Å². The minimum absolute atomic E-state index is 0.261. The zero-order chi connectivity index (χ0) is 39.5. The van der Waals surface area contributed by atoms with Gasteiger partial charge in [0.2, 0.25) is 0 Å². The molecule has 11 rings (SSSR count). The maximum absolute atomic E-state index is 9.34. The molecule has 0 spiro atoms. The molecular formula is C54H37N5. The van der Waals surface area contributed by atoms with Crippen molar-refractivity contribution in [1.29, 1.82) is 5.26 Å². The molecule has 0 bridgehead atoms. The smallest absolute Gasteiger partial charge is 0.162 e. The van der Waals surface area contributed by atoms with Crippen molar-refractivity contribution < 1.29 is 0 Å². The molecule has 0 saturated heterocycles. The van der Waals surface area contributed by atoms with E-state index in [0.29, 0.717) is 11.4 Å². The Bertz CT molecular complexity index is 3360. The van der Waals surface area contributed by atoms with E-state index < -0.39 is 0 Å². The Morgan fingerprint density at radius 2 is 1.12 bits per heavy atom. The van der Waals surface area contributed by atoms with Crippen molar-refractivity contribution in [3.8, 4) is 40.1 Å². The average Bonchev–Trinajstić information content (AvgIpc) is 3.81. The van der Waals surface area contributed by atoms with Crippen molar-refractivity contribution in [2.45, 2.75) is 13.3 Å². The molecule has 0 radical (unpaired) electrons. The molecule has 1 aliphatic rings. The van der Waals surface area contributed by atoms with E-state index in [0.717, 1.165) is 56.9 Å². The van der Waals surface area contributed by atoms with Gasteiger partial charge < -0.3 is 4.57 Å². The summed E-state index contributed by atoms with van der Waals surface area (Å²) in [4.78, 5) is 10.6. The summed E-state index contributed by atoms with van der Waals surface area (Å²) in [6.07, 6.45) is 5.26. The van der Waals surface area contributed by atoms with Crippen LogP contribution in [0.3, 0.4) is 0 Å². The molecule has 3 aromatic heterocycles. The van der Waals surface area contributed by atoms with Gasteiger partial charge >= 0.3 is 0 Å². The molecule has 0 N–H and O–H groups in total. The third-order valence-electron chi connectivity index (χ3n) is 11.9. The van der Waals surface area contributed by atoms with Gasteiger partial charge in [-0.05, 0) is 94.8 Å². The molecule has 7 aromatic carbocycles. The summed E-state index contributed by atoms with van der Waals surface area (Å²) in [5.41, 5.74) is 14.1. The molecule has 5 nitrogen and oxygen atoms in total. The summed E-state index contributed by atoms with van der Waals surface area (Å²) in [6.45, 7) is 2.27. The van der Waals surface area contributed by atoms with Crippen molar-refractivity contribution in [2.75, 3.05) is 0 Å². The fourth-order valence-electron chi connectivity index (χ4n) is 9.00. The van der Waals surface area contributed by atoms with Gasteiger partial charge in [0.1, 0.15) is 5.82 Å². The average molecular weight is 756 g/mol. The lowest BCUT2D eigenvalue weighted by atomic mass is 9.83. The highest BCUT2D eigenvalue weighted by Gasteiger charge is 2.22. The predicted molar refractivity (Wildman–Crippen MR) is 242 cm³/mol. The fraction of sp³-hybridized carbons (Fsp3) is 0.0556. The summed E-state index contributed by atoms with van der Waals surface area (Å²) in [6, 6.07) is 64.2. The molecule has 59 heavy (non-hydrogen) atoms. The molecule has 0 fully saturated rings. The Morgan fingerprint density at radius 1 is 0.508 bits per heavy atom. The highest BCUT2D eigenvalue weighted by molar-refractivity contribution is 6.12. The number of allylic oxidation sites excluding steroid dienone is 4. The molecular weight excluding hydrogens is 719 g/mol. The Balaban J connectivity index is 1.09. The van der Waals surface area contributed by atoms with Gasteiger partial charge in [0, 0.05) is 38.9 Å². The number of rotatable bonds is 6. The molecule has 0 saturated carbocycles. The zero-order valence-corrected chi connectivity index (χ0v) is 32.4. The van der Waals surface area contributed by atoms with E-state index in [1.54, 1.807) is 0 Å². The standard InChI is InChI=1S/C54H37N5/c1-35-30-41(25-27-43(35)37-22-20-36(34-55)21-23-37)48-33-53(57-54(56-48)38-12-4-2-5-13-38)59-50-19-11-8-16-44(50)46-28-24-40(32-52(46)59)39-26-29-51-47(31-39)45-17-9-10-18-49(45)58(51)42-14-6-3-7-15-42/h2-29,31-33,35H,30H2,1H3. The molecule has 1 unspecified atom stereocenters. The van der Waals surface area contributed by atoms with Gasteiger partial charge in [-0.15, -0.1) is 0 Å². The first kappa shape index (κ1) is 34.4. The topological polar surface area (TPSA) is 59.4 Å². The molecule has 10 aromatic rings. The second-order valence-electron chi connectivity index (χ2n) is 15.4. The van der Waals surface area contributed by atoms with E-state index >= 15 is 0 Å². The first-order chi connectivity index (χ1) is 29.1. The number of nitriles is 1. The second kappa shape index (κ2) is 14.0. The summed E-state index contributed by atoms with van der Waals surface area (Å²) in [5.74, 6) is 1.78.